The maximum absolute atomic E-state index is 5.37. The smallest absolute Gasteiger partial charge is 0.137 e. The average molecular weight is 786 g/mol. The van der Waals surface area contributed by atoms with Gasteiger partial charge in [0.2, 0.25) is 0 Å². The molecule has 2 aliphatic carbocycles. The molecule has 1 unspecified atom stereocenters. The van der Waals surface area contributed by atoms with Crippen LogP contribution < -0.4 is 0 Å². The quantitative estimate of drug-likeness (QED) is 0.167. The van der Waals surface area contributed by atoms with E-state index >= 15 is 0 Å². The lowest BCUT2D eigenvalue weighted by molar-refractivity contribution is 0.768. The molecule has 0 saturated heterocycles. The first-order valence-electron chi connectivity index (χ1n) is 21.4. The molecule has 0 bridgehead atoms. The predicted molar refractivity (Wildman–Crippen MR) is 257 cm³/mol. The minimum absolute atomic E-state index is 0.576. The lowest BCUT2D eigenvalue weighted by Gasteiger charge is -2.36. The van der Waals surface area contributed by atoms with Crippen molar-refractivity contribution in [1.29, 1.82) is 0 Å². The second-order valence-corrected chi connectivity index (χ2v) is 16.9. The summed E-state index contributed by atoms with van der Waals surface area (Å²) in [6.07, 6.45) is 6.51. The van der Waals surface area contributed by atoms with E-state index in [-0.39, 0.29) is 0 Å². The van der Waals surface area contributed by atoms with E-state index in [1.807, 2.05) is 18.3 Å². The molecule has 2 aliphatic rings. The highest BCUT2D eigenvalue weighted by molar-refractivity contribution is 6.27. The Kier molecular flexibility index (Phi) is 6.76. The zero-order valence-electron chi connectivity index (χ0n) is 33.5. The van der Waals surface area contributed by atoms with E-state index in [4.69, 9.17) is 9.97 Å². The third kappa shape index (κ3) is 4.44. The SMILES string of the molecule is C1=Cc2ccc(-c3ccc4c(c3)c3nc(-c5ccccc5)ccc3n4-c3ccccn3)cc2C2(c3ccccc31)c1ccccc1-c1c2cc2ccc3cccc4ccc1c2c34. The Morgan fingerprint density at radius 3 is 2.02 bits per heavy atom. The number of nitrogens with zero attached hydrogens (tertiary/aromatic N) is 3. The summed E-state index contributed by atoms with van der Waals surface area (Å²) in [4.78, 5) is 10.2. The van der Waals surface area contributed by atoms with E-state index in [0.717, 1.165) is 44.6 Å². The summed E-state index contributed by atoms with van der Waals surface area (Å²) in [5, 5.41) is 8.95. The van der Waals surface area contributed by atoms with Gasteiger partial charge in [0.15, 0.2) is 0 Å². The van der Waals surface area contributed by atoms with Crippen molar-refractivity contribution in [2.75, 3.05) is 0 Å². The van der Waals surface area contributed by atoms with E-state index in [0.29, 0.717) is 0 Å². The highest BCUT2D eigenvalue weighted by atomic mass is 15.1. The average Bonchev–Trinajstić information content (AvgIpc) is 3.77. The van der Waals surface area contributed by atoms with Crippen LogP contribution in [-0.2, 0) is 5.41 Å². The lowest BCUT2D eigenvalue weighted by atomic mass is 9.65. The van der Waals surface area contributed by atoms with Crippen LogP contribution in [0.3, 0.4) is 0 Å². The molecule has 0 aliphatic heterocycles. The monoisotopic (exact) mass is 785 g/mol. The van der Waals surface area contributed by atoms with Gasteiger partial charge in [-0.3, -0.25) is 4.57 Å². The Morgan fingerprint density at radius 2 is 1.15 bits per heavy atom. The van der Waals surface area contributed by atoms with Crippen LogP contribution in [0, 0.1) is 0 Å². The Hall–Kier alpha value is -8.14. The number of benzene rings is 9. The fourth-order valence-corrected chi connectivity index (χ4v) is 11.2. The molecule has 14 rings (SSSR count). The van der Waals surface area contributed by atoms with Gasteiger partial charge in [-0.2, -0.15) is 0 Å². The summed E-state index contributed by atoms with van der Waals surface area (Å²) >= 11 is 0. The fourth-order valence-electron chi connectivity index (χ4n) is 11.2. The molecule has 1 atom stereocenters. The van der Waals surface area contributed by atoms with Crippen molar-refractivity contribution < 1.29 is 0 Å². The van der Waals surface area contributed by atoms with Crippen LogP contribution >= 0.6 is 0 Å². The van der Waals surface area contributed by atoms with Crippen molar-refractivity contribution in [1.82, 2.24) is 14.5 Å². The number of pyridine rings is 2. The topological polar surface area (TPSA) is 30.7 Å². The Balaban J connectivity index is 1.06. The maximum Gasteiger partial charge on any atom is 0.137 e. The van der Waals surface area contributed by atoms with Crippen molar-refractivity contribution in [2.24, 2.45) is 0 Å². The standard InChI is InChI=1S/C59H35N3/c1-2-12-38(13-3-1)51-29-31-53-58(61-51)46-33-41(27-30-52(46)62(53)54-19-8-9-32-60-54)42-24-22-37-21-20-36-11-4-6-17-47(36)59(49(37)34-42)48-18-7-5-16-44(48)57-45-28-26-40-15-10-14-39-23-25-43(35-50(57)59)56(45)55(39)40/h1-35H. The summed E-state index contributed by atoms with van der Waals surface area (Å²) in [5.41, 5.74) is 17.2. The third-order valence-electron chi connectivity index (χ3n) is 13.8. The maximum atomic E-state index is 5.37. The number of hydrogen-bond acceptors (Lipinski definition) is 2. The summed E-state index contributed by atoms with van der Waals surface area (Å²) in [7, 11) is 0. The molecule has 3 heterocycles. The first-order chi connectivity index (χ1) is 30.7. The van der Waals surface area contributed by atoms with Gasteiger partial charge < -0.3 is 0 Å². The van der Waals surface area contributed by atoms with E-state index in [1.54, 1.807) is 0 Å². The summed E-state index contributed by atoms with van der Waals surface area (Å²) in [6.45, 7) is 0. The van der Waals surface area contributed by atoms with Crippen LogP contribution in [-0.4, -0.2) is 14.5 Å². The predicted octanol–water partition coefficient (Wildman–Crippen LogP) is 14.7. The Labute approximate surface area is 357 Å². The zero-order valence-corrected chi connectivity index (χ0v) is 33.5. The van der Waals surface area contributed by atoms with Crippen molar-refractivity contribution in [2.45, 2.75) is 5.41 Å². The first kappa shape index (κ1) is 33.7. The van der Waals surface area contributed by atoms with Crippen molar-refractivity contribution >= 4 is 66.4 Å². The van der Waals surface area contributed by atoms with Crippen LogP contribution in [0.5, 0.6) is 0 Å². The van der Waals surface area contributed by atoms with Gasteiger partial charge in [-0.1, -0.05) is 158 Å². The second-order valence-electron chi connectivity index (χ2n) is 16.9. The molecular weight excluding hydrogens is 751 g/mol. The van der Waals surface area contributed by atoms with Gasteiger partial charge in [-0.05, 0) is 136 Å². The van der Waals surface area contributed by atoms with Gasteiger partial charge in [0.25, 0.3) is 0 Å². The van der Waals surface area contributed by atoms with Gasteiger partial charge in [-0.25, -0.2) is 9.97 Å². The fraction of sp³-hybridized carbons (Fsp3) is 0.0169. The number of fused-ring (bicyclic) bond motifs is 13. The van der Waals surface area contributed by atoms with Gasteiger partial charge in [-0.15, -0.1) is 0 Å². The molecule has 0 radical (unpaired) electrons. The van der Waals surface area contributed by atoms with Gasteiger partial charge in [0.05, 0.1) is 27.7 Å². The van der Waals surface area contributed by atoms with Gasteiger partial charge in [0, 0.05) is 17.1 Å². The summed E-state index contributed by atoms with van der Waals surface area (Å²) in [5.74, 6) is 0.871. The van der Waals surface area contributed by atoms with Gasteiger partial charge in [0.1, 0.15) is 5.82 Å². The lowest BCUT2D eigenvalue weighted by Crippen LogP contribution is -2.30. The highest BCUT2D eigenvalue weighted by Gasteiger charge is 2.49. The van der Waals surface area contributed by atoms with E-state index in [1.165, 1.54) is 82.4 Å². The molecule has 0 amide bonds. The van der Waals surface area contributed by atoms with E-state index < -0.39 is 5.41 Å². The van der Waals surface area contributed by atoms with Crippen LogP contribution in [0.2, 0.25) is 0 Å². The highest BCUT2D eigenvalue weighted by Crippen LogP contribution is 2.61. The molecule has 0 saturated carbocycles. The van der Waals surface area contributed by atoms with Crippen molar-refractivity contribution in [3.05, 3.63) is 234 Å². The number of rotatable bonds is 3. The summed E-state index contributed by atoms with van der Waals surface area (Å²) in [6, 6.07) is 71.6. The van der Waals surface area contributed by atoms with Crippen LogP contribution in [0.1, 0.15) is 33.4 Å². The molecule has 3 nitrogen and oxygen atoms in total. The third-order valence-corrected chi connectivity index (χ3v) is 13.8. The molecule has 62 heavy (non-hydrogen) atoms. The van der Waals surface area contributed by atoms with Crippen LogP contribution in [0.15, 0.2) is 200 Å². The zero-order chi connectivity index (χ0) is 40.5. The van der Waals surface area contributed by atoms with Crippen LogP contribution in [0.25, 0.3) is 106 Å². The normalized spacial score (nSPS) is 15.1. The molecule has 3 heteroatoms. The van der Waals surface area contributed by atoms with E-state index in [2.05, 4.69) is 199 Å². The molecule has 12 aromatic rings. The second kappa shape index (κ2) is 12.4. The minimum atomic E-state index is -0.576. The molecule has 286 valence electrons. The van der Waals surface area contributed by atoms with E-state index in [9.17, 15) is 0 Å². The number of aromatic nitrogens is 3. The number of hydrogen-bond donors (Lipinski definition) is 0. The molecular formula is C59H35N3. The van der Waals surface area contributed by atoms with Crippen LogP contribution in [0.4, 0.5) is 0 Å². The largest absolute Gasteiger partial charge is 0.292 e. The summed E-state index contributed by atoms with van der Waals surface area (Å²) < 4.78 is 2.24. The molecule has 0 fully saturated rings. The Bertz CT molecular complexity index is 3840. The molecule has 1 spiro atoms. The van der Waals surface area contributed by atoms with Gasteiger partial charge >= 0.3 is 0 Å². The minimum Gasteiger partial charge on any atom is -0.292 e. The van der Waals surface area contributed by atoms with Crippen molar-refractivity contribution in [3.63, 3.8) is 0 Å². The molecule has 9 aromatic carbocycles. The van der Waals surface area contributed by atoms with Crippen molar-refractivity contribution in [3.8, 4) is 39.3 Å². The first-order valence-corrected chi connectivity index (χ1v) is 21.4. The molecule has 0 N–H and O–H groups in total. The Morgan fingerprint density at radius 1 is 0.419 bits per heavy atom. The molecule has 3 aromatic heterocycles.